The molecule has 2 aromatic carbocycles. The van der Waals surface area contributed by atoms with Gasteiger partial charge in [0, 0.05) is 0 Å². The molecular weight excluding hydrogens is 290 g/mol. The molecule has 0 saturated heterocycles. The maximum Gasteiger partial charge on any atom is 0.414 e. The Balaban J connectivity index is 1.75. The van der Waals surface area contributed by atoms with Crippen LogP contribution in [0.25, 0.3) is 0 Å². The molecule has 0 spiro atoms. The van der Waals surface area contributed by atoms with Gasteiger partial charge >= 0.3 is 6.09 Å². The van der Waals surface area contributed by atoms with Crippen molar-refractivity contribution in [2.45, 2.75) is 6.61 Å². The number of anilines is 1. The molecule has 21 heavy (non-hydrogen) atoms. The summed E-state index contributed by atoms with van der Waals surface area (Å²) in [5.41, 5.74) is 1.52. The molecule has 1 heterocycles. The number of hydrogen-bond donors (Lipinski definition) is 0. The van der Waals surface area contributed by atoms with E-state index >= 15 is 0 Å². The van der Waals surface area contributed by atoms with E-state index in [4.69, 9.17) is 21.1 Å². The first-order valence-corrected chi connectivity index (χ1v) is 7.03. The molecule has 0 saturated carbocycles. The summed E-state index contributed by atoms with van der Waals surface area (Å²) in [5, 5.41) is 0.476. The van der Waals surface area contributed by atoms with E-state index in [1.807, 2.05) is 30.3 Å². The Morgan fingerprint density at radius 3 is 2.81 bits per heavy atom. The maximum atomic E-state index is 12.3. The van der Waals surface area contributed by atoms with Gasteiger partial charge in [-0.1, -0.05) is 48.0 Å². The Kier molecular flexibility index (Phi) is 3.97. The number of carbonyl (C=O) groups excluding carboxylic acids is 1. The Morgan fingerprint density at radius 1 is 1.19 bits per heavy atom. The van der Waals surface area contributed by atoms with Crippen molar-refractivity contribution in [3.05, 3.63) is 59.1 Å². The first-order valence-electron chi connectivity index (χ1n) is 6.65. The number of benzene rings is 2. The third-order valence-electron chi connectivity index (χ3n) is 3.22. The Hall–Kier alpha value is -2.20. The first kappa shape index (κ1) is 13.8. The second-order valence-electron chi connectivity index (χ2n) is 4.63. The van der Waals surface area contributed by atoms with Crippen molar-refractivity contribution in [3.8, 4) is 5.75 Å². The fourth-order valence-corrected chi connectivity index (χ4v) is 2.48. The summed E-state index contributed by atoms with van der Waals surface area (Å²) in [7, 11) is 0. The molecule has 4 nitrogen and oxygen atoms in total. The zero-order chi connectivity index (χ0) is 14.7. The van der Waals surface area contributed by atoms with Crippen LogP contribution < -0.4 is 9.64 Å². The lowest BCUT2D eigenvalue weighted by molar-refractivity contribution is 0.144. The molecule has 0 unspecified atom stereocenters. The second-order valence-corrected chi connectivity index (χ2v) is 5.03. The zero-order valence-corrected chi connectivity index (χ0v) is 12.0. The zero-order valence-electron chi connectivity index (χ0n) is 11.3. The van der Waals surface area contributed by atoms with Crippen LogP contribution in [-0.4, -0.2) is 19.2 Å². The second kappa shape index (κ2) is 6.06. The molecule has 0 fully saturated rings. The number of ether oxygens (including phenoxy) is 2. The number of rotatable bonds is 2. The summed E-state index contributed by atoms with van der Waals surface area (Å²) in [6.45, 7) is 1.08. The van der Waals surface area contributed by atoms with Crippen molar-refractivity contribution in [1.82, 2.24) is 0 Å². The number of nitrogens with zero attached hydrogens (tertiary/aromatic N) is 1. The highest BCUT2D eigenvalue weighted by molar-refractivity contribution is 6.34. The van der Waals surface area contributed by atoms with Crippen LogP contribution >= 0.6 is 11.6 Å². The molecule has 0 aliphatic carbocycles. The SMILES string of the molecule is O=C(OCc1ccccc1)N1CCOc2cccc(Cl)c21. The van der Waals surface area contributed by atoms with Gasteiger partial charge in [0.2, 0.25) is 0 Å². The highest BCUT2D eigenvalue weighted by Gasteiger charge is 2.27. The summed E-state index contributed by atoms with van der Waals surface area (Å²) in [6.07, 6.45) is -0.420. The van der Waals surface area contributed by atoms with E-state index in [-0.39, 0.29) is 6.61 Å². The van der Waals surface area contributed by atoms with Crippen LogP contribution in [0.3, 0.4) is 0 Å². The third kappa shape index (κ3) is 2.95. The van der Waals surface area contributed by atoms with Gasteiger partial charge in [0.15, 0.2) is 0 Å². The average molecular weight is 304 g/mol. The van der Waals surface area contributed by atoms with Crippen LogP contribution in [0.4, 0.5) is 10.5 Å². The summed E-state index contributed by atoms with van der Waals surface area (Å²) in [6, 6.07) is 14.9. The van der Waals surface area contributed by atoms with Crippen LogP contribution in [0.2, 0.25) is 5.02 Å². The van der Waals surface area contributed by atoms with Crippen molar-refractivity contribution in [2.24, 2.45) is 0 Å². The molecule has 5 heteroatoms. The number of para-hydroxylation sites is 1. The normalized spacial score (nSPS) is 13.3. The topological polar surface area (TPSA) is 38.8 Å². The monoisotopic (exact) mass is 303 g/mol. The van der Waals surface area contributed by atoms with E-state index in [2.05, 4.69) is 0 Å². The molecule has 0 aromatic heterocycles. The Morgan fingerprint density at radius 2 is 2.00 bits per heavy atom. The average Bonchev–Trinajstić information content (AvgIpc) is 2.53. The van der Waals surface area contributed by atoms with Crippen molar-refractivity contribution in [3.63, 3.8) is 0 Å². The number of amides is 1. The van der Waals surface area contributed by atoms with Gasteiger partial charge in [0.05, 0.1) is 11.6 Å². The van der Waals surface area contributed by atoms with Crippen LogP contribution in [0.15, 0.2) is 48.5 Å². The van der Waals surface area contributed by atoms with Gasteiger partial charge < -0.3 is 9.47 Å². The lowest BCUT2D eigenvalue weighted by Gasteiger charge is -2.29. The largest absolute Gasteiger partial charge is 0.489 e. The minimum absolute atomic E-state index is 0.233. The predicted octanol–water partition coefficient (Wildman–Crippen LogP) is 3.88. The van der Waals surface area contributed by atoms with E-state index in [1.54, 1.807) is 18.2 Å². The van der Waals surface area contributed by atoms with Gasteiger partial charge in [0.25, 0.3) is 0 Å². The standard InChI is InChI=1S/C16H14ClNO3/c17-13-7-4-8-14-15(13)18(9-10-20-14)16(19)21-11-12-5-2-1-3-6-12/h1-8H,9-11H2. The first-order chi connectivity index (χ1) is 10.3. The number of fused-ring (bicyclic) bond motifs is 1. The van der Waals surface area contributed by atoms with Crippen LogP contribution in [0.1, 0.15) is 5.56 Å². The summed E-state index contributed by atoms with van der Waals surface area (Å²) in [4.78, 5) is 13.8. The lowest BCUT2D eigenvalue weighted by Crippen LogP contribution is -2.38. The molecule has 1 amide bonds. The van der Waals surface area contributed by atoms with E-state index in [0.29, 0.717) is 29.6 Å². The number of hydrogen-bond acceptors (Lipinski definition) is 3. The molecular formula is C16H14ClNO3. The number of carbonyl (C=O) groups is 1. The molecule has 1 aliphatic rings. The molecule has 0 radical (unpaired) electrons. The van der Waals surface area contributed by atoms with Crippen molar-refractivity contribution >= 4 is 23.4 Å². The molecule has 2 aromatic rings. The van der Waals surface area contributed by atoms with Gasteiger partial charge in [0.1, 0.15) is 24.7 Å². The van der Waals surface area contributed by atoms with Crippen molar-refractivity contribution in [1.29, 1.82) is 0 Å². The fraction of sp³-hybridized carbons (Fsp3) is 0.188. The molecule has 0 atom stereocenters. The van der Waals surface area contributed by atoms with Gasteiger partial charge in [-0.05, 0) is 17.7 Å². The van der Waals surface area contributed by atoms with Gasteiger partial charge in [-0.3, -0.25) is 4.90 Å². The third-order valence-corrected chi connectivity index (χ3v) is 3.52. The summed E-state index contributed by atoms with van der Waals surface area (Å²) < 4.78 is 10.9. The molecule has 108 valence electrons. The summed E-state index contributed by atoms with van der Waals surface area (Å²) >= 11 is 6.17. The quantitative estimate of drug-likeness (QED) is 0.845. The fourth-order valence-electron chi connectivity index (χ4n) is 2.21. The highest BCUT2D eigenvalue weighted by Crippen LogP contribution is 2.38. The van der Waals surface area contributed by atoms with E-state index in [9.17, 15) is 4.79 Å². The van der Waals surface area contributed by atoms with E-state index in [0.717, 1.165) is 5.56 Å². The van der Waals surface area contributed by atoms with Crippen LogP contribution in [-0.2, 0) is 11.3 Å². The minimum Gasteiger partial charge on any atom is -0.489 e. The Bertz CT molecular complexity index is 645. The van der Waals surface area contributed by atoms with Crippen molar-refractivity contribution in [2.75, 3.05) is 18.1 Å². The maximum absolute atomic E-state index is 12.3. The molecule has 0 N–H and O–H groups in total. The lowest BCUT2D eigenvalue weighted by atomic mass is 10.2. The Labute approximate surface area is 127 Å². The van der Waals surface area contributed by atoms with Crippen molar-refractivity contribution < 1.29 is 14.3 Å². The number of halogens is 1. The summed E-state index contributed by atoms with van der Waals surface area (Å²) in [5.74, 6) is 0.602. The van der Waals surface area contributed by atoms with Gasteiger partial charge in [-0.15, -0.1) is 0 Å². The predicted molar refractivity (Wildman–Crippen MR) is 80.9 cm³/mol. The van der Waals surface area contributed by atoms with E-state index < -0.39 is 6.09 Å². The van der Waals surface area contributed by atoms with Crippen LogP contribution in [0.5, 0.6) is 5.75 Å². The smallest absolute Gasteiger partial charge is 0.414 e. The highest BCUT2D eigenvalue weighted by atomic mass is 35.5. The molecule has 0 bridgehead atoms. The van der Waals surface area contributed by atoms with Gasteiger partial charge in [-0.2, -0.15) is 0 Å². The van der Waals surface area contributed by atoms with Crippen LogP contribution in [0, 0.1) is 0 Å². The van der Waals surface area contributed by atoms with E-state index in [1.165, 1.54) is 4.90 Å². The minimum atomic E-state index is -0.420. The molecule has 1 aliphatic heterocycles. The van der Waals surface area contributed by atoms with Gasteiger partial charge in [-0.25, -0.2) is 4.79 Å². The molecule has 3 rings (SSSR count).